The minimum atomic E-state index is -0.994. The summed E-state index contributed by atoms with van der Waals surface area (Å²) in [6, 6.07) is 25.2. The van der Waals surface area contributed by atoms with Crippen molar-refractivity contribution in [1.82, 2.24) is 4.90 Å². The standard InChI is InChI=1S/C28H31N3O3.ClH/c1-20(26(27(29)32)22-11-13-23(14-12-22)28(33)34)24-9-5-6-10-25(24)31-17-15-30(16-18-31)19-21-7-3-2-4-8-21;/h2-14,20,26H,15-19H2,1H3,(H2,29,32)(H,33,34);1H. The number of carboxylic acid groups (broad SMARTS) is 1. The lowest BCUT2D eigenvalue weighted by Gasteiger charge is -2.38. The molecule has 0 spiro atoms. The zero-order valence-corrected chi connectivity index (χ0v) is 20.7. The summed E-state index contributed by atoms with van der Waals surface area (Å²) in [4.78, 5) is 28.6. The minimum absolute atomic E-state index is 0. The number of hydrogen-bond donors (Lipinski definition) is 2. The predicted octanol–water partition coefficient (Wildman–Crippen LogP) is 4.50. The van der Waals surface area contributed by atoms with Crippen LogP contribution in [0.4, 0.5) is 5.69 Å². The first kappa shape index (κ1) is 26.3. The molecule has 2 atom stereocenters. The average molecular weight is 494 g/mol. The summed E-state index contributed by atoms with van der Waals surface area (Å²) in [7, 11) is 0. The fraction of sp³-hybridized carbons (Fsp3) is 0.286. The lowest BCUT2D eigenvalue weighted by atomic mass is 9.81. The van der Waals surface area contributed by atoms with Crippen LogP contribution in [-0.4, -0.2) is 48.1 Å². The van der Waals surface area contributed by atoms with Crippen molar-refractivity contribution in [1.29, 1.82) is 0 Å². The molecule has 1 heterocycles. The number of hydrogen-bond acceptors (Lipinski definition) is 4. The number of halogens is 1. The Morgan fingerprint density at radius 3 is 2.09 bits per heavy atom. The predicted molar refractivity (Wildman–Crippen MR) is 141 cm³/mol. The van der Waals surface area contributed by atoms with Crippen molar-refractivity contribution in [3.05, 3.63) is 101 Å². The average Bonchev–Trinajstić information content (AvgIpc) is 2.85. The van der Waals surface area contributed by atoms with Gasteiger partial charge in [-0.3, -0.25) is 9.69 Å². The van der Waals surface area contributed by atoms with Gasteiger partial charge >= 0.3 is 5.97 Å². The Morgan fingerprint density at radius 2 is 1.49 bits per heavy atom. The molecule has 1 aliphatic rings. The van der Waals surface area contributed by atoms with E-state index in [1.165, 1.54) is 17.7 Å². The molecule has 1 fully saturated rings. The SMILES string of the molecule is CC(c1ccccc1N1CCN(Cc2ccccc2)CC1)C(C(N)=O)c1ccc(C(=O)O)cc1.Cl. The summed E-state index contributed by atoms with van der Waals surface area (Å²) in [5, 5.41) is 9.19. The number of primary amides is 1. The third-order valence-corrected chi connectivity index (χ3v) is 6.71. The van der Waals surface area contributed by atoms with Gasteiger partial charge in [-0.15, -0.1) is 12.4 Å². The highest BCUT2D eigenvalue weighted by molar-refractivity contribution is 5.88. The molecule has 0 bridgehead atoms. The molecule has 4 rings (SSSR count). The lowest BCUT2D eigenvalue weighted by Crippen LogP contribution is -2.46. The van der Waals surface area contributed by atoms with Crippen LogP contribution in [0.15, 0.2) is 78.9 Å². The number of carboxylic acids is 1. The molecule has 7 heteroatoms. The Hall–Kier alpha value is -3.35. The number of aromatic carboxylic acids is 1. The molecule has 1 saturated heterocycles. The second kappa shape index (κ2) is 11.9. The molecule has 0 aromatic heterocycles. The molecule has 0 radical (unpaired) electrons. The molecule has 3 aromatic carbocycles. The van der Waals surface area contributed by atoms with E-state index in [0.717, 1.165) is 49.5 Å². The van der Waals surface area contributed by atoms with E-state index < -0.39 is 17.8 Å². The summed E-state index contributed by atoms with van der Waals surface area (Å²) < 4.78 is 0. The Balaban J connectivity index is 0.00000342. The van der Waals surface area contributed by atoms with Crippen molar-refractivity contribution >= 4 is 30.0 Å². The van der Waals surface area contributed by atoms with Gasteiger partial charge in [0.25, 0.3) is 0 Å². The smallest absolute Gasteiger partial charge is 0.335 e. The summed E-state index contributed by atoms with van der Waals surface area (Å²) in [5.41, 5.74) is 10.3. The molecule has 3 N–H and O–H groups in total. The number of carbonyl (C=O) groups excluding carboxylic acids is 1. The van der Waals surface area contributed by atoms with E-state index in [4.69, 9.17) is 5.73 Å². The summed E-state index contributed by atoms with van der Waals surface area (Å²) in [6.07, 6.45) is 0. The molecule has 1 aliphatic heterocycles. The molecule has 3 aromatic rings. The molecule has 0 saturated carbocycles. The number of benzene rings is 3. The summed E-state index contributed by atoms with van der Waals surface area (Å²) >= 11 is 0. The lowest BCUT2D eigenvalue weighted by molar-refractivity contribution is -0.119. The second-order valence-corrected chi connectivity index (χ2v) is 8.90. The van der Waals surface area contributed by atoms with Crippen LogP contribution in [0, 0.1) is 0 Å². The van der Waals surface area contributed by atoms with Crippen LogP contribution in [0.2, 0.25) is 0 Å². The van der Waals surface area contributed by atoms with E-state index in [1.54, 1.807) is 12.1 Å². The molecular weight excluding hydrogens is 462 g/mol. The molecule has 35 heavy (non-hydrogen) atoms. The van der Waals surface area contributed by atoms with E-state index in [-0.39, 0.29) is 23.9 Å². The van der Waals surface area contributed by atoms with Gasteiger partial charge in [-0.1, -0.05) is 67.6 Å². The largest absolute Gasteiger partial charge is 0.478 e. The van der Waals surface area contributed by atoms with Crippen LogP contribution in [0.5, 0.6) is 0 Å². The van der Waals surface area contributed by atoms with Crippen LogP contribution >= 0.6 is 12.4 Å². The van der Waals surface area contributed by atoms with Crippen molar-refractivity contribution in [3.8, 4) is 0 Å². The van der Waals surface area contributed by atoms with Crippen LogP contribution in [0.25, 0.3) is 0 Å². The second-order valence-electron chi connectivity index (χ2n) is 8.90. The van der Waals surface area contributed by atoms with Crippen molar-refractivity contribution in [2.75, 3.05) is 31.1 Å². The van der Waals surface area contributed by atoms with Gasteiger partial charge in [-0.2, -0.15) is 0 Å². The van der Waals surface area contributed by atoms with Gasteiger partial charge in [0.2, 0.25) is 5.91 Å². The highest BCUT2D eigenvalue weighted by Gasteiger charge is 2.29. The maximum Gasteiger partial charge on any atom is 0.335 e. The highest BCUT2D eigenvalue weighted by atomic mass is 35.5. The highest BCUT2D eigenvalue weighted by Crippen LogP contribution is 2.38. The zero-order valence-electron chi connectivity index (χ0n) is 19.8. The number of rotatable bonds is 8. The minimum Gasteiger partial charge on any atom is -0.478 e. The number of amides is 1. The summed E-state index contributed by atoms with van der Waals surface area (Å²) in [6.45, 7) is 6.71. The number of para-hydroxylation sites is 1. The van der Waals surface area contributed by atoms with E-state index >= 15 is 0 Å². The third kappa shape index (κ3) is 6.21. The number of piperazine rings is 1. The zero-order chi connectivity index (χ0) is 24.1. The third-order valence-electron chi connectivity index (χ3n) is 6.71. The number of nitrogens with zero attached hydrogens (tertiary/aromatic N) is 2. The molecule has 1 amide bonds. The molecule has 184 valence electrons. The van der Waals surface area contributed by atoms with Crippen LogP contribution in [0.3, 0.4) is 0 Å². The van der Waals surface area contributed by atoms with Gasteiger partial charge in [0.1, 0.15) is 0 Å². The van der Waals surface area contributed by atoms with Gasteiger partial charge in [0.15, 0.2) is 0 Å². The van der Waals surface area contributed by atoms with Gasteiger partial charge in [-0.05, 0) is 40.8 Å². The van der Waals surface area contributed by atoms with Crippen molar-refractivity contribution in [3.63, 3.8) is 0 Å². The number of carbonyl (C=O) groups is 2. The molecule has 0 aliphatic carbocycles. The van der Waals surface area contributed by atoms with Crippen molar-refractivity contribution in [2.45, 2.75) is 25.3 Å². The Labute approximate surface area is 212 Å². The van der Waals surface area contributed by atoms with E-state index in [1.807, 2.05) is 25.1 Å². The Morgan fingerprint density at radius 1 is 0.886 bits per heavy atom. The van der Waals surface area contributed by atoms with Crippen LogP contribution in [-0.2, 0) is 11.3 Å². The topological polar surface area (TPSA) is 86.9 Å². The quantitative estimate of drug-likeness (QED) is 0.482. The van der Waals surface area contributed by atoms with Crippen molar-refractivity contribution < 1.29 is 14.7 Å². The van der Waals surface area contributed by atoms with Crippen molar-refractivity contribution in [2.24, 2.45) is 5.73 Å². The van der Waals surface area contributed by atoms with Crippen LogP contribution in [0.1, 0.15) is 45.8 Å². The van der Waals surface area contributed by atoms with Gasteiger partial charge < -0.3 is 15.7 Å². The number of anilines is 1. The number of nitrogens with two attached hydrogens (primary N) is 1. The summed E-state index contributed by atoms with van der Waals surface area (Å²) in [5.74, 6) is -2.12. The first-order chi connectivity index (χ1) is 16.4. The van der Waals surface area contributed by atoms with Gasteiger partial charge in [0, 0.05) is 38.4 Å². The monoisotopic (exact) mass is 493 g/mol. The van der Waals surface area contributed by atoms with E-state index in [2.05, 4.69) is 46.2 Å². The Bertz CT molecular complexity index is 1130. The normalized spacial score (nSPS) is 15.6. The first-order valence-electron chi connectivity index (χ1n) is 11.7. The fourth-order valence-corrected chi connectivity index (χ4v) is 4.86. The fourth-order valence-electron chi connectivity index (χ4n) is 4.86. The van der Waals surface area contributed by atoms with Crippen LogP contribution < -0.4 is 10.6 Å². The first-order valence-corrected chi connectivity index (χ1v) is 11.7. The van der Waals surface area contributed by atoms with Gasteiger partial charge in [-0.25, -0.2) is 4.79 Å². The Kier molecular flexibility index (Phi) is 8.90. The van der Waals surface area contributed by atoms with Gasteiger partial charge in [0.05, 0.1) is 11.5 Å². The maximum atomic E-state index is 12.5. The van der Waals surface area contributed by atoms with E-state index in [0.29, 0.717) is 0 Å². The van der Waals surface area contributed by atoms with E-state index in [9.17, 15) is 14.7 Å². The molecule has 6 nitrogen and oxygen atoms in total. The maximum absolute atomic E-state index is 12.5. The molecular formula is C28H32ClN3O3. The molecule has 2 unspecified atom stereocenters.